The molecule has 0 aromatic heterocycles. The van der Waals surface area contributed by atoms with Gasteiger partial charge in [0.15, 0.2) is 6.54 Å². The summed E-state index contributed by atoms with van der Waals surface area (Å²) in [6.07, 6.45) is 1.21. The molecular weight excluding hydrogens is 306 g/mol. The van der Waals surface area contributed by atoms with Crippen LogP contribution in [0.4, 0.5) is 11.4 Å². The van der Waals surface area contributed by atoms with Crippen LogP contribution in [0.2, 0.25) is 5.02 Å². The number of hydrogen-bond donors (Lipinski definition) is 2. The van der Waals surface area contributed by atoms with Crippen molar-refractivity contribution in [1.29, 1.82) is 0 Å². The van der Waals surface area contributed by atoms with Gasteiger partial charge in [-0.2, -0.15) is 0 Å². The van der Waals surface area contributed by atoms with Gasteiger partial charge in [-0.3, -0.25) is 14.9 Å². The Morgan fingerprint density at radius 2 is 2.05 bits per heavy atom. The molecule has 1 aromatic rings. The number of carbonyl (C=O) groups excluding carboxylic acids is 1. The Hall–Kier alpha value is -1.66. The third kappa shape index (κ3) is 4.42. The van der Waals surface area contributed by atoms with E-state index in [0.29, 0.717) is 24.1 Å². The Kier molecular flexibility index (Phi) is 5.37. The molecule has 2 atom stereocenters. The highest BCUT2D eigenvalue weighted by molar-refractivity contribution is 6.33. The third-order valence-electron chi connectivity index (χ3n) is 3.93. The van der Waals surface area contributed by atoms with Gasteiger partial charge in [-0.15, -0.1) is 0 Å². The summed E-state index contributed by atoms with van der Waals surface area (Å²) in [7, 11) is 0. The molecule has 1 saturated heterocycles. The number of hydrogen-bond acceptors (Lipinski definition) is 3. The Morgan fingerprint density at radius 1 is 1.41 bits per heavy atom. The summed E-state index contributed by atoms with van der Waals surface area (Å²) in [6.45, 7) is 6.79. The van der Waals surface area contributed by atoms with Crippen molar-refractivity contribution in [2.75, 3.05) is 25.0 Å². The molecule has 0 radical (unpaired) electrons. The van der Waals surface area contributed by atoms with E-state index < -0.39 is 4.92 Å². The molecule has 1 aliphatic rings. The minimum atomic E-state index is -0.516. The maximum Gasteiger partial charge on any atom is 0.279 e. The molecule has 1 heterocycles. The monoisotopic (exact) mass is 326 g/mol. The van der Waals surface area contributed by atoms with Crippen LogP contribution in [0.3, 0.4) is 0 Å². The Balaban J connectivity index is 1.96. The molecule has 1 aromatic carbocycles. The molecule has 1 fully saturated rings. The summed E-state index contributed by atoms with van der Waals surface area (Å²) in [4.78, 5) is 23.6. The van der Waals surface area contributed by atoms with Crippen molar-refractivity contribution in [2.45, 2.75) is 20.3 Å². The highest BCUT2D eigenvalue weighted by Crippen LogP contribution is 2.26. The number of piperidine rings is 1. The van der Waals surface area contributed by atoms with Crippen LogP contribution in [0.15, 0.2) is 18.2 Å². The number of likely N-dealkylation sites (tertiary alicyclic amines) is 1. The van der Waals surface area contributed by atoms with Crippen molar-refractivity contribution in [3.05, 3.63) is 33.3 Å². The minimum absolute atomic E-state index is 0.0905. The van der Waals surface area contributed by atoms with Gasteiger partial charge in [0.25, 0.3) is 11.6 Å². The molecule has 2 rings (SSSR count). The summed E-state index contributed by atoms with van der Waals surface area (Å²) >= 11 is 5.98. The van der Waals surface area contributed by atoms with Gasteiger partial charge < -0.3 is 10.2 Å². The van der Waals surface area contributed by atoms with Crippen LogP contribution in [0.5, 0.6) is 0 Å². The number of carbonyl (C=O) groups is 1. The van der Waals surface area contributed by atoms with Gasteiger partial charge in [0, 0.05) is 24.0 Å². The maximum atomic E-state index is 12.1. The van der Waals surface area contributed by atoms with E-state index >= 15 is 0 Å². The number of nitro groups is 1. The summed E-state index contributed by atoms with van der Waals surface area (Å²) in [5, 5.41) is 13.6. The van der Waals surface area contributed by atoms with Crippen LogP contribution in [-0.4, -0.2) is 30.5 Å². The van der Waals surface area contributed by atoms with Gasteiger partial charge in [-0.05, 0) is 12.5 Å². The molecule has 0 bridgehead atoms. The molecule has 0 unspecified atom stereocenters. The molecule has 1 amide bonds. The van der Waals surface area contributed by atoms with Gasteiger partial charge in [-0.1, -0.05) is 25.4 Å². The summed E-state index contributed by atoms with van der Waals surface area (Å²) < 4.78 is 0. The summed E-state index contributed by atoms with van der Waals surface area (Å²) in [5.41, 5.74) is 0.321. The lowest BCUT2D eigenvalue weighted by molar-refractivity contribution is -0.904. The van der Waals surface area contributed by atoms with Crippen molar-refractivity contribution >= 4 is 28.9 Å². The van der Waals surface area contributed by atoms with E-state index in [1.807, 2.05) is 0 Å². The van der Waals surface area contributed by atoms with Crippen LogP contribution in [0.1, 0.15) is 20.3 Å². The number of quaternary nitrogens is 1. The average Bonchev–Trinajstić information content (AvgIpc) is 2.39. The molecule has 1 aliphatic heterocycles. The lowest BCUT2D eigenvalue weighted by Crippen LogP contribution is -3.15. The third-order valence-corrected chi connectivity index (χ3v) is 4.24. The predicted molar refractivity (Wildman–Crippen MR) is 85.2 cm³/mol. The second kappa shape index (κ2) is 7.07. The number of non-ortho nitro benzene ring substituents is 1. The van der Waals surface area contributed by atoms with Crippen LogP contribution in [0.25, 0.3) is 0 Å². The van der Waals surface area contributed by atoms with Gasteiger partial charge in [-0.25, -0.2) is 0 Å². The van der Waals surface area contributed by atoms with E-state index in [0.717, 1.165) is 13.1 Å². The highest BCUT2D eigenvalue weighted by Gasteiger charge is 2.26. The van der Waals surface area contributed by atoms with Crippen LogP contribution >= 0.6 is 11.6 Å². The first-order valence-corrected chi connectivity index (χ1v) is 7.80. The van der Waals surface area contributed by atoms with Gasteiger partial charge >= 0.3 is 0 Å². The van der Waals surface area contributed by atoms with Crippen molar-refractivity contribution in [1.82, 2.24) is 0 Å². The number of nitro benzene ring substituents is 1. The van der Waals surface area contributed by atoms with Crippen LogP contribution < -0.4 is 10.2 Å². The fourth-order valence-electron chi connectivity index (χ4n) is 3.21. The fraction of sp³-hybridized carbons (Fsp3) is 0.533. The average molecular weight is 327 g/mol. The molecule has 22 heavy (non-hydrogen) atoms. The van der Waals surface area contributed by atoms with E-state index in [1.165, 1.54) is 29.5 Å². The smallest absolute Gasteiger partial charge is 0.279 e. The number of nitrogens with zero attached hydrogens (tertiary/aromatic N) is 1. The first-order chi connectivity index (χ1) is 10.3. The number of benzene rings is 1. The molecule has 0 saturated carbocycles. The lowest BCUT2D eigenvalue weighted by Gasteiger charge is -2.31. The topological polar surface area (TPSA) is 76.7 Å². The zero-order chi connectivity index (χ0) is 16.3. The lowest BCUT2D eigenvalue weighted by atomic mass is 9.92. The zero-order valence-electron chi connectivity index (χ0n) is 12.8. The molecule has 7 heteroatoms. The predicted octanol–water partition coefficient (Wildman–Crippen LogP) is 1.75. The van der Waals surface area contributed by atoms with Crippen molar-refractivity contribution in [3.63, 3.8) is 0 Å². The molecule has 0 aliphatic carbocycles. The van der Waals surface area contributed by atoms with Crippen molar-refractivity contribution < 1.29 is 14.6 Å². The number of halogens is 1. The van der Waals surface area contributed by atoms with E-state index in [9.17, 15) is 14.9 Å². The quantitative estimate of drug-likeness (QED) is 0.653. The van der Waals surface area contributed by atoms with E-state index in [1.54, 1.807) is 0 Å². The molecule has 2 N–H and O–H groups in total. The van der Waals surface area contributed by atoms with Crippen molar-refractivity contribution in [3.8, 4) is 0 Å². The highest BCUT2D eigenvalue weighted by atomic mass is 35.5. The van der Waals surface area contributed by atoms with E-state index in [-0.39, 0.29) is 16.6 Å². The Labute approximate surface area is 134 Å². The molecule has 120 valence electrons. The number of rotatable bonds is 4. The number of anilines is 1. The SMILES string of the molecule is C[C@H]1C[C@H](C)C[NH+](CC(=O)Nc2ccc([N+](=O)[O-])cc2Cl)C1. The largest absolute Gasteiger partial charge is 0.327 e. The number of nitrogens with one attached hydrogen (secondary N) is 2. The summed E-state index contributed by atoms with van der Waals surface area (Å²) in [6, 6.07) is 4.05. The second-order valence-corrected chi connectivity index (χ2v) is 6.66. The molecule has 6 nitrogen and oxygen atoms in total. The minimum Gasteiger partial charge on any atom is -0.327 e. The first-order valence-electron chi connectivity index (χ1n) is 7.42. The van der Waals surface area contributed by atoms with E-state index in [2.05, 4.69) is 19.2 Å². The van der Waals surface area contributed by atoms with Gasteiger partial charge in [0.1, 0.15) is 0 Å². The maximum absolute atomic E-state index is 12.1. The number of amides is 1. The summed E-state index contributed by atoms with van der Waals surface area (Å²) in [5.74, 6) is 1.12. The molecular formula is C15H21ClN3O3+. The Bertz CT molecular complexity index is 569. The van der Waals surface area contributed by atoms with Gasteiger partial charge in [0.2, 0.25) is 0 Å². The molecule has 0 spiro atoms. The van der Waals surface area contributed by atoms with Crippen LogP contribution in [0, 0.1) is 22.0 Å². The second-order valence-electron chi connectivity index (χ2n) is 6.25. The Morgan fingerprint density at radius 3 is 2.59 bits per heavy atom. The fourth-order valence-corrected chi connectivity index (χ4v) is 3.43. The van der Waals surface area contributed by atoms with Crippen LogP contribution in [-0.2, 0) is 4.79 Å². The first kappa shape index (κ1) is 16.7. The van der Waals surface area contributed by atoms with E-state index in [4.69, 9.17) is 11.6 Å². The normalized spacial score (nSPS) is 24.8. The van der Waals surface area contributed by atoms with Crippen molar-refractivity contribution in [2.24, 2.45) is 11.8 Å². The zero-order valence-corrected chi connectivity index (χ0v) is 13.5. The standard InChI is InChI=1S/C15H20ClN3O3/c1-10-5-11(2)8-18(7-10)9-15(20)17-14-4-3-12(19(21)22)6-13(14)16/h3-4,6,10-11H,5,7-9H2,1-2H3,(H,17,20)/p+1/t10-,11-/m0/s1. The van der Waals surface area contributed by atoms with Gasteiger partial charge in [0.05, 0.1) is 28.7 Å².